The molecule has 0 aromatic heterocycles. The molecular weight excluding hydrogens is 200 g/mol. The molecule has 2 heterocycles. The second kappa shape index (κ2) is 3.42. The van der Waals surface area contributed by atoms with Crippen LogP contribution in [0.5, 0.6) is 0 Å². The van der Waals surface area contributed by atoms with E-state index in [-0.39, 0.29) is 0 Å². The lowest BCUT2D eigenvalue weighted by Gasteiger charge is -2.29. The lowest BCUT2D eigenvalue weighted by Crippen LogP contribution is -2.13. The second-order valence-corrected chi connectivity index (χ2v) is 9.04. The van der Waals surface area contributed by atoms with Gasteiger partial charge < -0.3 is 0 Å². The van der Waals surface area contributed by atoms with Gasteiger partial charge in [0.2, 0.25) is 0 Å². The van der Waals surface area contributed by atoms with E-state index in [1.807, 2.05) is 0 Å². The maximum atomic E-state index is 2.16. The molecule has 2 aliphatic heterocycles. The Kier molecular flexibility index (Phi) is 2.74. The molecule has 2 fully saturated rings. The van der Waals surface area contributed by atoms with E-state index in [0.29, 0.717) is 2.74 Å². The van der Waals surface area contributed by atoms with E-state index < -0.39 is 0 Å². The van der Waals surface area contributed by atoms with Gasteiger partial charge in [0.05, 0.1) is 0 Å². The van der Waals surface area contributed by atoms with Gasteiger partial charge in [-0.1, -0.05) is 0 Å². The van der Waals surface area contributed by atoms with Crippen LogP contribution >= 0.6 is 47.0 Å². The normalized spacial score (nSPS) is 31.2. The van der Waals surface area contributed by atoms with Crippen molar-refractivity contribution in [2.24, 2.45) is 0 Å². The van der Waals surface area contributed by atoms with Crippen LogP contribution in [0.25, 0.3) is 0 Å². The number of rotatable bonds is 0. The van der Waals surface area contributed by atoms with Gasteiger partial charge in [-0.25, -0.2) is 0 Å². The van der Waals surface area contributed by atoms with Crippen LogP contribution in [0.2, 0.25) is 0 Å². The summed E-state index contributed by atoms with van der Waals surface area (Å²) in [7, 11) is 0. The van der Waals surface area contributed by atoms with Gasteiger partial charge in [0.15, 0.2) is 2.74 Å². The molecular formula is C6H10S4. The molecule has 2 rings (SSSR count). The summed E-state index contributed by atoms with van der Waals surface area (Å²) in [6.07, 6.45) is 1.41. The maximum Gasteiger partial charge on any atom is 0.153 e. The Hall–Kier alpha value is 1.40. The van der Waals surface area contributed by atoms with Crippen LogP contribution in [-0.4, -0.2) is 25.8 Å². The van der Waals surface area contributed by atoms with Crippen LogP contribution in [0.1, 0.15) is 6.42 Å². The topological polar surface area (TPSA) is 0 Å². The number of thioether (sulfide) groups is 4. The minimum Gasteiger partial charge on any atom is -0.123 e. The average Bonchev–Trinajstić information content (AvgIpc) is 2.39. The Morgan fingerprint density at radius 2 is 1.20 bits per heavy atom. The van der Waals surface area contributed by atoms with Crippen molar-refractivity contribution < 1.29 is 0 Å². The summed E-state index contributed by atoms with van der Waals surface area (Å²) in [6.45, 7) is 0. The van der Waals surface area contributed by atoms with Crippen LogP contribution in [0, 0.1) is 0 Å². The molecule has 2 aliphatic rings. The highest BCUT2D eigenvalue weighted by atomic mass is 32.3. The Bertz CT molecular complexity index is 111. The van der Waals surface area contributed by atoms with E-state index in [4.69, 9.17) is 0 Å². The molecule has 0 unspecified atom stereocenters. The van der Waals surface area contributed by atoms with E-state index in [0.717, 1.165) is 0 Å². The Balaban J connectivity index is 1.98. The van der Waals surface area contributed by atoms with E-state index in [9.17, 15) is 0 Å². The lowest BCUT2D eigenvalue weighted by atomic mass is 10.6. The molecule has 0 saturated carbocycles. The van der Waals surface area contributed by atoms with Gasteiger partial charge in [-0.05, 0) is 17.9 Å². The Morgan fingerprint density at radius 1 is 0.700 bits per heavy atom. The minimum absolute atomic E-state index is 0.540. The fourth-order valence-corrected chi connectivity index (χ4v) is 8.46. The monoisotopic (exact) mass is 210 g/mol. The molecule has 0 aromatic rings. The first-order valence-electron chi connectivity index (χ1n) is 3.47. The molecule has 0 aliphatic carbocycles. The number of hydrogen-bond donors (Lipinski definition) is 0. The molecule has 10 heavy (non-hydrogen) atoms. The number of hydrogen-bond acceptors (Lipinski definition) is 4. The van der Waals surface area contributed by atoms with Crippen LogP contribution < -0.4 is 0 Å². The third kappa shape index (κ3) is 1.59. The summed E-state index contributed by atoms with van der Waals surface area (Å²) in [5.41, 5.74) is 0. The molecule has 2 saturated heterocycles. The summed E-state index contributed by atoms with van der Waals surface area (Å²) in [4.78, 5) is 0. The molecule has 0 aromatic carbocycles. The fourth-order valence-electron chi connectivity index (χ4n) is 1.04. The summed E-state index contributed by atoms with van der Waals surface area (Å²) in [5.74, 6) is 5.50. The van der Waals surface area contributed by atoms with Gasteiger partial charge in [0, 0.05) is 11.5 Å². The summed E-state index contributed by atoms with van der Waals surface area (Å²) < 4.78 is 0.540. The zero-order chi connectivity index (χ0) is 6.86. The lowest BCUT2D eigenvalue weighted by molar-refractivity contribution is 1.11. The molecule has 0 amide bonds. The van der Waals surface area contributed by atoms with Crippen molar-refractivity contribution in [3.05, 3.63) is 0 Å². The minimum atomic E-state index is 0.540. The van der Waals surface area contributed by atoms with E-state index in [1.54, 1.807) is 0 Å². The molecule has 1 spiro atoms. The van der Waals surface area contributed by atoms with E-state index in [1.165, 1.54) is 29.4 Å². The second-order valence-electron chi connectivity index (χ2n) is 2.25. The maximum absolute atomic E-state index is 2.16. The van der Waals surface area contributed by atoms with Crippen molar-refractivity contribution in [3.63, 3.8) is 0 Å². The first-order chi connectivity index (χ1) is 4.91. The SMILES string of the molecule is C1CSC2(SC1)SCCS2. The van der Waals surface area contributed by atoms with E-state index in [2.05, 4.69) is 47.0 Å². The Morgan fingerprint density at radius 3 is 1.80 bits per heavy atom. The molecule has 0 radical (unpaired) electrons. The summed E-state index contributed by atoms with van der Waals surface area (Å²) >= 11 is 8.63. The third-order valence-corrected chi connectivity index (χ3v) is 9.20. The van der Waals surface area contributed by atoms with Crippen LogP contribution in [-0.2, 0) is 0 Å². The first kappa shape index (κ1) is 8.02. The smallest absolute Gasteiger partial charge is 0.123 e. The zero-order valence-corrected chi connectivity index (χ0v) is 8.93. The largest absolute Gasteiger partial charge is 0.153 e. The fraction of sp³-hybridized carbons (Fsp3) is 1.00. The van der Waals surface area contributed by atoms with Crippen LogP contribution in [0.3, 0.4) is 0 Å². The highest BCUT2D eigenvalue weighted by molar-refractivity contribution is 8.49. The van der Waals surface area contributed by atoms with Gasteiger partial charge in [-0.3, -0.25) is 0 Å². The van der Waals surface area contributed by atoms with Gasteiger partial charge >= 0.3 is 0 Å². The van der Waals surface area contributed by atoms with Gasteiger partial charge in [-0.15, -0.1) is 47.0 Å². The quantitative estimate of drug-likeness (QED) is 0.602. The van der Waals surface area contributed by atoms with Gasteiger partial charge in [-0.2, -0.15) is 0 Å². The van der Waals surface area contributed by atoms with Crippen molar-refractivity contribution in [2.45, 2.75) is 9.16 Å². The zero-order valence-electron chi connectivity index (χ0n) is 5.67. The summed E-state index contributed by atoms with van der Waals surface area (Å²) in [6, 6.07) is 0. The van der Waals surface area contributed by atoms with Crippen molar-refractivity contribution >= 4 is 47.0 Å². The van der Waals surface area contributed by atoms with E-state index >= 15 is 0 Å². The standard InChI is InChI=1S/C6H10S4/c1-2-7-6(8-3-1)9-4-5-10-6/h1-5H2. The molecule has 0 bridgehead atoms. The van der Waals surface area contributed by atoms with Crippen LogP contribution in [0.15, 0.2) is 0 Å². The van der Waals surface area contributed by atoms with Crippen molar-refractivity contribution in [3.8, 4) is 0 Å². The van der Waals surface area contributed by atoms with Gasteiger partial charge in [0.1, 0.15) is 0 Å². The first-order valence-corrected chi connectivity index (χ1v) is 7.41. The molecule has 58 valence electrons. The van der Waals surface area contributed by atoms with Gasteiger partial charge in [0.25, 0.3) is 0 Å². The highest BCUT2D eigenvalue weighted by Crippen LogP contribution is 2.61. The summed E-state index contributed by atoms with van der Waals surface area (Å²) in [5, 5.41) is 0. The van der Waals surface area contributed by atoms with Crippen molar-refractivity contribution in [1.82, 2.24) is 0 Å². The molecule has 0 nitrogen and oxygen atoms in total. The molecule has 4 heteroatoms. The Labute approximate surface area is 79.0 Å². The van der Waals surface area contributed by atoms with Crippen molar-refractivity contribution in [1.29, 1.82) is 0 Å². The third-order valence-electron chi connectivity index (χ3n) is 1.49. The van der Waals surface area contributed by atoms with Crippen LogP contribution in [0.4, 0.5) is 0 Å². The highest BCUT2D eigenvalue weighted by Gasteiger charge is 2.38. The predicted molar refractivity (Wildman–Crippen MR) is 57.2 cm³/mol. The molecule has 0 atom stereocenters. The molecule has 0 N–H and O–H groups in total. The van der Waals surface area contributed by atoms with Crippen molar-refractivity contribution in [2.75, 3.05) is 23.0 Å². The average molecular weight is 210 g/mol. The predicted octanol–water partition coefficient (Wildman–Crippen LogP) is 2.95.